The fraction of sp³-hybridized carbons (Fsp3) is 0.545. The third-order valence-electron chi connectivity index (χ3n) is 3.04. The molecule has 2 rings (SSSR count). The molecule has 1 fully saturated rings. The van der Waals surface area contributed by atoms with E-state index in [1.54, 1.807) is 4.90 Å². The molecule has 1 saturated heterocycles. The molecule has 19 heavy (non-hydrogen) atoms. The summed E-state index contributed by atoms with van der Waals surface area (Å²) in [7, 11) is 0. The second-order valence-corrected chi connectivity index (χ2v) is 4.43. The number of hydrogen-bond acceptors (Lipinski definition) is 4. The van der Waals surface area contributed by atoms with E-state index in [1.807, 2.05) is 0 Å². The Hall–Kier alpha value is -1.86. The van der Waals surface area contributed by atoms with Gasteiger partial charge in [0.25, 0.3) is 0 Å². The number of rotatable bonds is 2. The largest absolute Gasteiger partial charge is 0.433 e. The van der Waals surface area contributed by atoms with E-state index in [-0.39, 0.29) is 18.4 Å². The lowest BCUT2D eigenvalue weighted by atomic mass is 9.98. The number of nitrogens with zero attached hydrogens (tertiary/aromatic N) is 3. The van der Waals surface area contributed by atoms with Crippen LogP contribution in [0.15, 0.2) is 12.3 Å². The first-order chi connectivity index (χ1) is 8.88. The van der Waals surface area contributed by atoms with Gasteiger partial charge in [-0.2, -0.15) is 13.2 Å². The molecule has 0 spiro atoms. The number of alkyl halides is 3. The monoisotopic (exact) mass is 274 g/mol. The molecular weight excluding hydrogens is 261 g/mol. The summed E-state index contributed by atoms with van der Waals surface area (Å²) in [4.78, 5) is 20.0. The number of amides is 1. The molecule has 1 aliphatic heterocycles. The van der Waals surface area contributed by atoms with E-state index in [4.69, 9.17) is 5.73 Å². The van der Waals surface area contributed by atoms with Crippen molar-refractivity contribution in [3.8, 4) is 0 Å². The zero-order valence-corrected chi connectivity index (χ0v) is 10.0. The predicted octanol–water partition coefficient (Wildman–Crippen LogP) is 1.20. The molecule has 0 aliphatic carbocycles. The molecule has 2 N–H and O–H groups in total. The highest BCUT2D eigenvalue weighted by molar-refractivity contribution is 5.77. The number of hydrogen-bond donors (Lipinski definition) is 1. The number of aromatic nitrogens is 2. The van der Waals surface area contributed by atoms with E-state index in [9.17, 15) is 18.0 Å². The quantitative estimate of drug-likeness (QED) is 0.879. The molecule has 0 saturated carbocycles. The summed E-state index contributed by atoms with van der Waals surface area (Å²) in [5, 5.41) is 0. The second kappa shape index (κ2) is 5.02. The van der Waals surface area contributed by atoms with Gasteiger partial charge in [-0.25, -0.2) is 9.97 Å². The third kappa shape index (κ3) is 3.12. The molecule has 0 bridgehead atoms. The van der Waals surface area contributed by atoms with Crippen molar-refractivity contribution in [1.82, 2.24) is 9.97 Å². The Labute approximate surface area is 107 Å². The average molecular weight is 274 g/mol. The Bertz CT molecular complexity index is 477. The van der Waals surface area contributed by atoms with Gasteiger partial charge >= 0.3 is 6.18 Å². The zero-order chi connectivity index (χ0) is 14.0. The molecule has 5 nitrogen and oxygen atoms in total. The topological polar surface area (TPSA) is 72.1 Å². The fourth-order valence-electron chi connectivity index (χ4n) is 2.05. The molecule has 0 unspecified atom stereocenters. The molecular formula is C11H13F3N4O. The van der Waals surface area contributed by atoms with Gasteiger partial charge in [-0.15, -0.1) is 0 Å². The van der Waals surface area contributed by atoms with E-state index in [0.29, 0.717) is 19.4 Å². The maximum Gasteiger partial charge on any atom is 0.433 e. The van der Waals surface area contributed by atoms with Crippen molar-refractivity contribution in [1.29, 1.82) is 0 Å². The molecule has 1 aliphatic rings. The molecule has 1 aromatic heterocycles. The number of nitrogens with two attached hydrogens (primary N) is 1. The highest BCUT2D eigenvalue weighted by Gasteiger charge is 2.34. The SMILES string of the molecule is NC(=O)[C@@H]1CCCN(c2nccc(C(F)(F)F)n2)C1. The van der Waals surface area contributed by atoms with E-state index in [1.165, 1.54) is 0 Å². The van der Waals surface area contributed by atoms with Crippen LogP contribution in [0.2, 0.25) is 0 Å². The van der Waals surface area contributed by atoms with Crippen LogP contribution in [0.5, 0.6) is 0 Å². The molecule has 1 amide bonds. The van der Waals surface area contributed by atoms with Crippen molar-refractivity contribution in [3.63, 3.8) is 0 Å². The van der Waals surface area contributed by atoms with Gasteiger partial charge in [0, 0.05) is 19.3 Å². The van der Waals surface area contributed by atoms with Crippen LogP contribution in [0.1, 0.15) is 18.5 Å². The summed E-state index contributed by atoms with van der Waals surface area (Å²) in [5.74, 6) is -0.829. The van der Waals surface area contributed by atoms with Gasteiger partial charge < -0.3 is 10.6 Å². The zero-order valence-electron chi connectivity index (χ0n) is 10.0. The highest BCUT2D eigenvalue weighted by Crippen LogP contribution is 2.29. The van der Waals surface area contributed by atoms with Gasteiger partial charge in [0.05, 0.1) is 5.92 Å². The van der Waals surface area contributed by atoms with Gasteiger partial charge in [0.1, 0.15) is 5.69 Å². The molecule has 8 heteroatoms. The molecule has 0 aromatic carbocycles. The number of halogens is 3. The molecule has 0 radical (unpaired) electrons. The number of anilines is 1. The number of primary amides is 1. The summed E-state index contributed by atoms with van der Waals surface area (Å²) in [6, 6.07) is 0.818. The average Bonchev–Trinajstić information content (AvgIpc) is 2.38. The minimum Gasteiger partial charge on any atom is -0.369 e. The Morgan fingerprint density at radius 1 is 1.47 bits per heavy atom. The van der Waals surface area contributed by atoms with Crippen LogP contribution in [0.4, 0.5) is 19.1 Å². The van der Waals surface area contributed by atoms with Crippen LogP contribution < -0.4 is 10.6 Å². The van der Waals surface area contributed by atoms with Crippen LogP contribution in [0.3, 0.4) is 0 Å². The second-order valence-electron chi connectivity index (χ2n) is 4.43. The van der Waals surface area contributed by atoms with Crippen molar-refractivity contribution in [3.05, 3.63) is 18.0 Å². The van der Waals surface area contributed by atoms with E-state index in [2.05, 4.69) is 9.97 Å². The van der Waals surface area contributed by atoms with Crippen molar-refractivity contribution in [2.45, 2.75) is 19.0 Å². The summed E-state index contributed by atoms with van der Waals surface area (Å²) in [6.07, 6.45) is -2.12. The smallest absolute Gasteiger partial charge is 0.369 e. The van der Waals surface area contributed by atoms with Gasteiger partial charge in [0.15, 0.2) is 0 Å². The summed E-state index contributed by atoms with van der Waals surface area (Å²) in [5.41, 5.74) is 4.23. The number of carbonyl (C=O) groups excluding carboxylic acids is 1. The van der Waals surface area contributed by atoms with Gasteiger partial charge in [-0.05, 0) is 18.9 Å². The van der Waals surface area contributed by atoms with E-state index >= 15 is 0 Å². The van der Waals surface area contributed by atoms with Crippen LogP contribution in [-0.4, -0.2) is 29.0 Å². The first kappa shape index (κ1) is 13.6. The van der Waals surface area contributed by atoms with Crippen LogP contribution in [0, 0.1) is 5.92 Å². The van der Waals surface area contributed by atoms with E-state index < -0.39 is 17.8 Å². The van der Waals surface area contributed by atoms with Crippen LogP contribution in [0.25, 0.3) is 0 Å². The highest BCUT2D eigenvalue weighted by atomic mass is 19.4. The standard InChI is InChI=1S/C11H13F3N4O/c12-11(13,14)8-3-4-16-10(17-8)18-5-1-2-7(6-18)9(15)19/h3-4,7H,1-2,5-6H2,(H2,15,19)/t7-/m1/s1. The summed E-state index contributed by atoms with van der Waals surface area (Å²) in [6.45, 7) is 0.779. The lowest BCUT2D eigenvalue weighted by Crippen LogP contribution is -2.42. The van der Waals surface area contributed by atoms with Gasteiger partial charge in [-0.1, -0.05) is 0 Å². The predicted molar refractivity (Wildman–Crippen MR) is 61.2 cm³/mol. The Morgan fingerprint density at radius 3 is 2.84 bits per heavy atom. The Morgan fingerprint density at radius 2 is 2.21 bits per heavy atom. The molecule has 1 aromatic rings. The van der Waals surface area contributed by atoms with Crippen molar-refractivity contribution in [2.75, 3.05) is 18.0 Å². The normalized spacial score (nSPS) is 20.4. The lowest BCUT2D eigenvalue weighted by Gasteiger charge is -2.31. The minimum atomic E-state index is -4.50. The van der Waals surface area contributed by atoms with Crippen molar-refractivity contribution < 1.29 is 18.0 Å². The number of piperidine rings is 1. The van der Waals surface area contributed by atoms with Crippen molar-refractivity contribution >= 4 is 11.9 Å². The summed E-state index contributed by atoms with van der Waals surface area (Å²) < 4.78 is 37.7. The Kier molecular flexibility index (Phi) is 3.59. The number of carbonyl (C=O) groups is 1. The van der Waals surface area contributed by atoms with E-state index in [0.717, 1.165) is 12.3 Å². The molecule has 2 heterocycles. The van der Waals surface area contributed by atoms with Crippen LogP contribution >= 0.6 is 0 Å². The first-order valence-electron chi connectivity index (χ1n) is 5.82. The molecule has 104 valence electrons. The van der Waals surface area contributed by atoms with Gasteiger partial charge in [0.2, 0.25) is 11.9 Å². The fourth-order valence-corrected chi connectivity index (χ4v) is 2.05. The maximum absolute atomic E-state index is 12.6. The third-order valence-corrected chi connectivity index (χ3v) is 3.04. The first-order valence-corrected chi connectivity index (χ1v) is 5.82. The maximum atomic E-state index is 12.6. The van der Waals surface area contributed by atoms with Crippen LogP contribution in [-0.2, 0) is 11.0 Å². The Balaban J connectivity index is 2.20. The van der Waals surface area contributed by atoms with Crippen molar-refractivity contribution in [2.24, 2.45) is 11.7 Å². The minimum absolute atomic E-state index is 0.0132. The lowest BCUT2D eigenvalue weighted by molar-refractivity contribution is -0.141. The molecule has 1 atom stereocenters. The van der Waals surface area contributed by atoms with Gasteiger partial charge in [-0.3, -0.25) is 4.79 Å². The summed E-state index contributed by atoms with van der Waals surface area (Å²) >= 11 is 0.